The Hall–Kier alpha value is -3.01. The van der Waals surface area contributed by atoms with Crippen LogP contribution in [0.4, 0.5) is 5.82 Å². The molecule has 2 N–H and O–H groups in total. The Balaban J connectivity index is 1.59. The molecule has 3 rings (SSSR count). The van der Waals surface area contributed by atoms with E-state index in [1.807, 2.05) is 0 Å². The molecule has 0 unspecified atom stereocenters. The molecule has 0 fully saturated rings. The van der Waals surface area contributed by atoms with Crippen molar-refractivity contribution in [2.45, 2.75) is 44.1 Å². The first-order valence-corrected chi connectivity index (χ1v) is 11.6. The van der Waals surface area contributed by atoms with E-state index in [0.29, 0.717) is 29.2 Å². The number of thioether (sulfide) groups is 1. The Labute approximate surface area is 192 Å². The van der Waals surface area contributed by atoms with Gasteiger partial charge in [-0.25, -0.2) is 14.6 Å². The summed E-state index contributed by atoms with van der Waals surface area (Å²) in [5.74, 6) is 1.94. The van der Waals surface area contributed by atoms with E-state index in [2.05, 4.69) is 41.5 Å². The van der Waals surface area contributed by atoms with Crippen molar-refractivity contribution in [3.8, 4) is 11.5 Å². The van der Waals surface area contributed by atoms with Crippen molar-refractivity contribution >= 4 is 34.5 Å². The second kappa shape index (κ2) is 11.6. The molecule has 2 heterocycles. The third-order valence-corrected chi connectivity index (χ3v) is 5.30. The summed E-state index contributed by atoms with van der Waals surface area (Å²) in [6.45, 7) is 8.00. The van der Waals surface area contributed by atoms with Gasteiger partial charge in [-0.1, -0.05) is 32.5 Å². The first kappa shape index (κ1) is 23.6. The average molecular weight is 459 g/mol. The van der Waals surface area contributed by atoms with Crippen LogP contribution in [0.15, 0.2) is 35.6 Å². The summed E-state index contributed by atoms with van der Waals surface area (Å²) in [4.78, 5) is 21.5. The largest absolute Gasteiger partial charge is 0.497 e. The lowest BCUT2D eigenvalue weighted by atomic mass is 10.3. The highest BCUT2D eigenvalue weighted by molar-refractivity contribution is 7.99. The van der Waals surface area contributed by atoms with Gasteiger partial charge in [-0.3, -0.25) is 4.79 Å². The fourth-order valence-electron chi connectivity index (χ4n) is 2.91. The molecule has 0 saturated carbocycles. The van der Waals surface area contributed by atoms with Crippen LogP contribution in [-0.4, -0.2) is 57.7 Å². The summed E-state index contributed by atoms with van der Waals surface area (Å²) >= 11 is 1.61. The number of nitrogens with zero attached hydrogens (tertiary/aromatic N) is 4. The first-order valence-electron chi connectivity index (χ1n) is 10.7. The van der Waals surface area contributed by atoms with Crippen LogP contribution in [0.2, 0.25) is 0 Å². The van der Waals surface area contributed by atoms with Gasteiger partial charge in [-0.2, -0.15) is 5.10 Å². The predicted octanol–water partition coefficient (Wildman–Crippen LogP) is 3.35. The van der Waals surface area contributed by atoms with E-state index in [0.717, 1.165) is 35.6 Å². The minimum absolute atomic E-state index is 0.0609. The van der Waals surface area contributed by atoms with E-state index in [-0.39, 0.29) is 12.5 Å². The number of nitrogens with one attached hydrogen (secondary N) is 2. The molecule has 32 heavy (non-hydrogen) atoms. The van der Waals surface area contributed by atoms with E-state index >= 15 is 0 Å². The van der Waals surface area contributed by atoms with Crippen molar-refractivity contribution in [1.82, 2.24) is 25.1 Å². The maximum Gasteiger partial charge on any atom is 0.258 e. The molecule has 0 aliphatic rings. The number of carbonyl (C=O) groups excluding carboxylic acids is 1. The molecule has 1 amide bonds. The van der Waals surface area contributed by atoms with Gasteiger partial charge >= 0.3 is 0 Å². The molecule has 0 aliphatic heterocycles. The lowest BCUT2D eigenvalue weighted by Crippen LogP contribution is -2.31. The van der Waals surface area contributed by atoms with E-state index in [1.54, 1.807) is 54.0 Å². The van der Waals surface area contributed by atoms with Crippen molar-refractivity contribution in [1.29, 1.82) is 0 Å². The number of methoxy groups -OCH3 is 1. The highest BCUT2D eigenvalue weighted by Crippen LogP contribution is 2.26. The van der Waals surface area contributed by atoms with Gasteiger partial charge in [0.2, 0.25) is 0 Å². The van der Waals surface area contributed by atoms with Gasteiger partial charge in [-0.15, -0.1) is 0 Å². The fraction of sp³-hybridized carbons (Fsp3) is 0.455. The van der Waals surface area contributed by atoms with Crippen LogP contribution >= 0.6 is 11.8 Å². The van der Waals surface area contributed by atoms with Crippen LogP contribution in [0, 0.1) is 0 Å². The molecule has 0 atom stereocenters. The van der Waals surface area contributed by atoms with Crippen LogP contribution in [-0.2, 0) is 11.3 Å². The molecule has 172 valence electrons. The zero-order chi connectivity index (χ0) is 22.9. The molecule has 0 saturated heterocycles. The average Bonchev–Trinajstić information content (AvgIpc) is 3.19. The SMILES string of the molecule is CCCNc1nc(SC(C)C)nc2c1cnn2CCNC(=O)COc1ccc(OC)cc1. The summed E-state index contributed by atoms with van der Waals surface area (Å²) in [5.41, 5.74) is 0.755. The van der Waals surface area contributed by atoms with Crippen LogP contribution in [0.3, 0.4) is 0 Å². The van der Waals surface area contributed by atoms with Gasteiger partial charge < -0.3 is 20.1 Å². The summed E-state index contributed by atoms with van der Waals surface area (Å²) in [6.07, 6.45) is 2.77. The zero-order valence-electron chi connectivity index (χ0n) is 18.9. The number of hydrogen-bond donors (Lipinski definition) is 2. The summed E-state index contributed by atoms with van der Waals surface area (Å²) in [7, 11) is 1.60. The second-order valence-electron chi connectivity index (χ2n) is 7.37. The Kier molecular flexibility index (Phi) is 8.55. The third-order valence-electron chi connectivity index (χ3n) is 4.43. The summed E-state index contributed by atoms with van der Waals surface area (Å²) in [5, 5.41) is 12.6. The number of aromatic nitrogens is 4. The predicted molar refractivity (Wildman–Crippen MR) is 127 cm³/mol. The molecule has 3 aromatic rings. The van der Waals surface area contributed by atoms with Crippen molar-refractivity contribution in [2.75, 3.05) is 32.1 Å². The maximum atomic E-state index is 12.1. The molecule has 9 nitrogen and oxygen atoms in total. The van der Waals surface area contributed by atoms with Crippen LogP contribution < -0.4 is 20.1 Å². The van der Waals surface area contributed by atoms with E-state index < -0.39 is 0 Å². The number of fused-ring (bicyclic) bond motifs is 1. The number of ether oxygens (including phenoxy) is 2. The minimum atomic E-state index is -0.201. The highest BCUT2D eigenvalue weighted by Gasteiger charge is 2.14. The summed E-state index contributed by atoms with van der Waals surface area (Å²) < 4.78 is 12.4. The van der Waals surface area contributed by atoms with Gasteiger partial charge in [-0.05, 0) is 30.7 Å². The Bertz CT molecular complexity index is 1020. The normalized spacial score (nSPS) is 11.0. The monoisotopic (exact) mass is 458 g/mol. The molecule has 0 aliphatic carbocycles. The van der Waals surface area contributed by atoms with Crippen LogP contribution in [0.25, 0.3) is 11.0 Å². The lowest BCUT2D eigenvalue weighted by Gasteiger charge is -2.11. The summed E-state index contributed by atoms with van der Waals surface area (Å²) in [6, 6.07) is 7.10. The van der Waals surface area contributed by atoms with Gasteiger partial charge in [0.15, 0.2) is 17.4 Å². The van der Waals surface area contributed by atoms with Gasteiger partial charge in [0, 0.05) is 18.3 Å². The molecule has 1 aromatic carbocycles. The van der Waals surface area contributed by atoms with E-state index in [1.165, 1.54) is 0 Å². The second-order valence-corrected chi connectivity index (χ2v) is 8.91. The maximum absolute atomic E-state index is 12.1. The Morgan fingerprint density at radius 1 is 1.16 bits per heavy atom. The molecule has 10 heteroatoms. The fourth-order valence-corrected chi connectivity index (χ4v) is 3.62. The van der Waals surface area contributed by atoms with Crippen molar-refractivity contribution in [2.24, 2.45) is 0 Å². The van der Waals surface area contributed by atoms with Crippen molar-refractivity contribution in [3.05, 3.63) is 30.5 Å². The zero-order valence-corrected chi connectivity index (χ0v) is 19.7. The highest BCUT2D eigenvalue weighted by atomic mass is 32.2. The van der Waals surface area contributed by atoms with Crippen molar-refractivity contribution in [3.63, 3.8) is 0 Å². The molecular formula is C22H30N6O3S. The van der Waals surface area contributed by atoms with Crippen molar-refractivity contribution < 1.29 is 14.3 Å². The molecule has 0 bridgehead atoms. The Morgan fingerprint density at radius 2 is 1.91 bits per heavy atom. The van der Waals surface area contributed by atoms with E-state index in [9.17, 15) is 4.79 Å². The number of benzene rings is 1. The molecule has 0 spiro atoms. The van der Waals surface area contributed by atoms with Crippen LogP contribution in [0.5, 0.6) is 11.5 Å². The van der Waals surface area contributed by atoms with Gasteiger partial charge in [0.25, 0.3) is 5.91 Å². The quantitative estimate of drug-likeness (QED) is 0.315. The van der Waals surface area contributed by atoms with Crippen LogP contribution in [0.1, 0.15) is 27.2 Å². The number of anilines is 1. The Morgan fingerprint density at radius 3 is 2.59 bits per heavy atom. The first-order chi connectivity index (χ1) is 15.5. The van der Waals surface area contributed by atoms with Gasteiger partial charge in [0.1, 0.15) is 17.3 Å². The van der Waals surface area contributed by atoms with E-state index in [4.69, 9.17) is 14.5 Å². The minimum Gasteiger partial charge on any atom is -0.497 e. The number of hydrogen-bond acceptors (Lipinski definition) is 8. The number of rotatable bonds is 12. The molecular weight excluding hydrogens is 428 g/mol. The lowest BCUT2D eigenvalue weighted by molar-refractivity contribution is -0.123. The topological polar surface area (TPSA) is 103 Å². The number of carbonyl (C=O) groups is 1. The number of amides is 1. The van der Waals surface area contributed by atoms with Gasteiger partial charge in [0.05, 0.1) is 25.2 Å². The standard InChI is InChI=1S/C22H30N6O3S/c1-5-10-24-20-18-13-25-28(21(18)27-22(26-20)32-15(2)3)12-11-23-19(29)14-31-17-8-6-16(30-4)7-9-17/h6-9,13,15H,5,10-12,14H2,1-4H3,(H,23,29)(H,24,26,27). The smallest absolute Gasteiger partial charge is 0.258 e. The third kappa shape index (κ3) is 6.49. The molecule has 2 aromatic heterocycles. The molecule has 0 radical (unpaired) electrons.